The van der Waals surface area contributed by atoms with Gasteiger partial charge >= 0.3 is 0 Å². The molecule has 130 valence electrons. The first kappa shape index (κ1) is 15.7. The van der Waals surface area contributed by atoms with Crippen LogP contribution in [0.25, 0.3) is 11.7 Å². The van der Waals surface area contributed by atoms with Crippen LogP contribution in [-0.4, -0.2) is 27.5 Å². The third-order valence-corrected chi connectivity index (χ3v) is 4.50. The van der Waals surface area contributed by atoms with E-state index in [9.17, 15) is 4.79 Å². The third-order valence-electron chi connectivity index (χ3n) is 4.50. The van der Waals surface area contributed by atoms with Crippen molar-refractivity contribution in [2.24, 2.45) is 0 Å². The van der Waals surface area contributed by atoms with Crippen molar-refractivity contribution in [3.8, 4) is 11.7 Å². The van der Waals surface area contributed by atoms with Crippen LogP contribution in [0.5, 0.6) is 0 Å². The average molecular weight is 341 g/mol. The fraction of sp³-hybridized carbons (Fsp3) is 0.389. The highest BCUT2D eigenvalue weighted by Gasteiger charge is 2.32. The fourth-order valence-electron chi connectivity index (χ4n) is 3.26. The Morgan fingerprint density at radius 2 is 2.28 bits per heavy atom. The lowest BCUT2D eigenvalue weighted by molar-refractivity contribution is -0.131. The number of carbonyl (C=O) groups is 1. The van der Waals surface area contributed by atoms with Crippen LogP contribution in [-0.2, 0) is 11.2 Å². The number of rotatable bonds is 4. The van der Waals surface area contributed by atoms with E-state index in [4.69, 9.17) is 13.4 Å². The summed E-state index contributed by atoms with van der Waals surface area (Å²) >= 11 is 0. The third kappa shape index (κ3) is 2.97. The molecule has 0 spiro atoms. The van der Waals surface area contributed by atoms with Crippen LogP contribution >= 0.6 is 0 Å². The van der Waals surface area contributed by atoms with E-state index in [2.05, 4.69) is 10.1 Å². The summed E-state index contributed by atoms with van der Waals surface area (Å²) in [6.07, 6.45) is 3.61. The molecule has 1 atom stereocenters. The molecular weight excluding hydrogens is 322 g/mol. The molecule has 1 aliphatic rings. The van der Waals surface area contributed by atoms with Gasteiger partial charge in [0.05, 0.1) is 24.4 Å². The normalized spacial score (nSPS) is 17.4. The molecule has 7 nitrogen and oxygen atoms in total. The molecule has 0 aliphatic carbocycles. The summed E-state index contributed by atoms with van der Waals surface area (Å²) in [5.41, 5.74) is 1.45. The Bertz CT molecular complexity index is 878. The molecule has 0 saturated carbocycles. The molecular formula is C18H19N3O4. The minimum absolute atomic E-state index is 0.0190. The number of hydrogen-bond acceptors (Lipinski definition) is 6. The molecule has 7 heteroatoms. The summed E-state index contributed by atoms with van der Waals surface area (Å²) in [6.45, 7) is 4.38. The molecule has 3 aromatic rings. The van der Waals surface area contributed by atoms with Crippen molar-refractivity contribution in [3.05, 3.63) is 47.4 Å². The number of furan rings is 1. The molecule has 0 radical (unpaired) electrons. The molecule has 4 rings (SSSR count). The summed E-state index contributed by atoms with van der Waals surface area (Å²) in [4.78, 5) is 19.1. The Labute approximate surface area is 144 Å². The molecule has 1 fully saturated rings. The van der Waals surface area contributed by atoms with Gasteiger partial charge in [-0.2, -0.15) is 0 Å². The largest absolute Gasteiger partial charge is 0.459 e. The van der Waals surface area contributed by atoms with Crippen molar-refractivity contribution in [2.45, 2.75) is 39.2 Å². The van der Waals surface area contributed by atoms with Gasteiger partial charge < -0.3 is 18.3 Å². The highest BCUT2D eigenvalue weighted by molar-refractivity contribution is 5.79. The zero-order valence-electron chi connectivity index (χ0n) is 14.2. The standard InChI is InChI=1S/C18H19N3O4/c1-11-9-14(20-25-11)15-5-3-7-21(15)17(22)10-13-12(2)24-18(19-13)16-6-4-8-23-16/h4,6,8-9,15H,3,5,7,10H2,1-2H3. The van der Waals surface area contributed by atoms with Crippen molar-refractivity contribution >= 4 is 5.91 Å². The molecule has 0 bridgehead atoms. The lowest BCUT2D eigenvalue weighted by Crippen LogP contribution is -2.32. The van der Waals surface area contributed by atoms with E-state index in [1.165, 1.54) is 0 Å². The second-order valence-corrected chi connectivity index (χ2v) is 6.28. The van der Waals surface area contributed by atoms with Crippen molar-refractivity contribution < 1.29 is 18.2 Å². The van der Waals surface area contributed by atoms with Gasteiger partial charge in [0, 0.05) is 12.6 Å². The highest BCUT2D eigenvalue weighted by atomic mass is 16.5. The molecule has 0 aromatic carbocycles. The summed E-state index contributed by atoms with van der Waals surface area (Å²) < 4.78 is 16.1. The van der Waals surface area contributed by atoms with E-state index in [-0.39, 0.29) is 18.4 Å². The van der Waals surface area contributed by atoms with Crippen LogP contribution in [0.2, 0.25) is 0 Å². The van der Waals surface area contributed by atoms with Crippen molar-refractivity contribution in [2.75, 3.05) is 6.54 Å². The van der Waals surface area contributed by atoms with E-state index in [1.807, 2.05) is 24.8 Å². The van der Waals surface area contributed by atoms with E-state index in [0.29, 0.717) is 23.1 Å². The number of nitrogens with zero attached hydrogens (tertiary/aromatic N) is 3. The first-order valence-electron chi connectivity index (χ1n) is 8.34. The summed E-state index contributed by atoms with van der Waals surface area (Å²) in [6, 6.07) is 5.42. The first-order valence-corrected chi connectivity index (χ1v) is 8.34. The molecule has 25 heavy (non-hydrogen) atoms. The topological polar surface area (TPSA) is 85.5 Å². The quantitative estimate of drug-likeness (QED) is 0.722. The van der Waals surface area contributed by atoms with Crippen LogP contribution in [0.3, 0.4) is 0 Å². The Kier molecular flexibility index (Phi) is 3.91. The number of aryl methyl sites for hydroxylation is 2. The van der Waals surface area contributed by atoms with Crippen LogP contribution in [0.4, 0.5) is 0 Å². The van der Waals surface area contributed by atoms with Gasteiger partial charge in [0.25, 0.3) is 5.89 Å². The highest BCUT2D eigenvalue weighted by Crippen LogP contribution is 2.32. The zero-order valence-corrected chi connectivity index (χ0v) is 14.2. The minimum Gasteiger partial charge on any atom is -0.459 e. The van der Waals surface area contributed by atoms with Crippen molar-refractivity contribution in [1.82, 2.24) is 15.0 Å². The number of amides is 1. The SMILES string of the molecule is Cc1cc(C2CCCN2C(=O)Cc2nc(-c3ccco3)oc2C)no1. The second-order valence-electron chi connectivity index (χ2n) is 6.28. The van der Waals surface area contributed by atoms with Gasteiger partial charge in [-0.05, 0) is 38.8 Å². The zero-order chi connectivity index (χ0) is 17.4. The fourth-order valence-corrected chi connectivity index (χ4v) is 3.26. The Morgan fingerprint density at radius 1 is 1.40 bits per heavy atom. The Morgan fingerprint density at radius 3 is 3.00 bits per heavy atom. The number of oxazole rings is 1. The van der Waals surface area contributed by atoms with Gasteiger partial charge in [-0.1, -0.05) is 5.16 Å². The van der Waals surface area contributed by atoms with Gasteiger partial charge in [-0.3, -0.25) is 4.79 Å². The monoisotopic (exact) mass is 341 g/mol. The molecule has 1 unspecified atom stereocenters. The van der Waals surface area contributed by atoms with E-state index < -0.39 is 0 Å². The maximum Gasteiger partial charge on any atom is 0.263 e. The van der Waals surface area contributed by atoms with Crippen LogP contribution in [0.15, 0.2) is 37.8 Å². The number of carbonyl (C=O) groups excluding carboxylic acids is 1. The van der Waals surface area contributed by atoms with Gasteiger partial charge in [0.2, 0.25) is 5.91 Å². The molecule has 4 heterocycles. The first-order chi connectivity index (χ1) is 12.1. The maximum atomic E-state index is 12.8. The van der Waals surface area contributed by atoms with Gasteiger partial charge in [0.15, 0.2) is 5.76 Å². The molecule has 1 saturated heterocycles. The summed E-state index contributed by atoms with van der Waals surface area (Å²) in [5, 5.41) is 4.08. The predicted molar refractivity (Wildman–Crippen MR) is 87.6 cm³/mol. The lowest BCUT2D eigenvalue weighted by atomic mass is 10.1. The van der Waals surface area contributed by atoms with Crippen LogP contribution in [0, 0.1) is 13.8 Å². The molecule has 3 aromatic heterocycles. The van der Waals surface area contributed by atoms with Crippen molar-refractivity contribution in [3.63, 3.8) is 0 Å². The second kappa shape index (κ2) is 6.23. The van der Waals surface area contributed by atoms with Crippen LogP contribution in [0.1, 0.15) is 41.8 Å². The van der Waals surface area contributed by atoms with E-state index in [0.717, 1.165) is 30.8 Å². The maximum absolute atomic E-state index is 12.8. The lowest BCUT2D eigenvalue weighted by Gasteiger charge is -2.22. The molecule has 1 amide bonds. The molecule has 0 N–H and O–H groups in total. The Balaban J connectivity index is 1.52. The van der Waals surface area contributed by atoms with Crippen LogP contribution < -0.4 is 0 Å². The number of hydrogen-bond donors (Lipinski definition) is 0. The average Bonchev–Trinajstić information content (AvgIpc) is 3.33. The van der Waals surface area contributed by atoms with Gasteiger partial charge in [-0.15, -0.1) is 0 Å². The van der Waals surface area contributed by atoms with Gasteiger partial charge in [-0.25, -0.2) is 4.98 Å². The van der Waals surface area contributed by atoms with Gasteiger partial charge in [0.1, 0.15) is 17.2 Å². The summed E-state index contributed by atoms with van der Waals surface area (Å²) in [7, 11) is 0. The van der Waals surface area contributed by atoms with Crippen molar-refractivity contribution in [1.29, 1.82) is 0 Å². The van der Waals surface area contributed by atoms with E-state index in [1.54, 1.807) is 18.4 Å². The summed E-state index contributed by atoms with van der Waals surface area (Å²) in [5.74, 6) is 2.36. The minimum atomic E-state index is -0.0262. The Hall–Kier alpha value is -2.83. The predicted octanol–water partition coefficient (Wildman–Crippen LogP) is 3.45. The number of aromatic nitrogens is 2. The smallest absolute Gasteiger partial charge is 0.263 e. The van der Waals surface area contributed by atoms with E-state index >= 15 is 0 Å². The number of likely N-dealkylation sites (tertiary alicyclic amines) is 1. The molecule has 1 aliphatic heterocycles.